The molecule has 128 valence electrons. The van der Waals surface area contributed by atoms with Crippen LogP contribution in [0.4, 0.5) is 10.2 Å². The highest BCUT2D eigenvalue weighted by atomic mass is 32.1. The van der Waals surface area contributed by atoms with E-state index in [-0.39, 0.29) is 18.3 Å². The van der Waals surface area contributed by atoms with Crippen molar-refractivity contribution in [3.05, 3.63) is 41.8 Å². The van der Waals surface area contributed by atoms with Gasteiger partial charge in [0.25, 0.3) is 0 Å². The molecule has 0 bridgehead atoms. The van der Waals surface area contributed by atoms with Crippen LogP contribution in [0.15, 0.2) is 36.0 Å². The van der Waals surface area contributed by atoms with E-state index in [0.717, 1.165) is 47.3 Å². The molecule has 0 atom stereocenters. The minimum Gasteiger partial charge on any atom is -0.360 e. The van der Waals surface area contributed by atoms with Crippen molar-refractivity contribution in [3.8, 4) is 11.1 Å². The average molecular weight is 356 g/mol. The maximum atomic E-state index is 13.2. The molecule has 1 amide bonds. The van der Waals surface area contributed by atoms with Crippen LogP contribution in [0.1, 0.15) is 12.8 Å². The summed E-state index contributed by atoms with van der Waals surface area (Å²) in [5.41, 5.74) is 1.84. The summed E-state index contributed by atoms with van der Waals surface area (Å²) in [6.45, 7) is 1.88. The summed E-state index contributed by atoms with van der Waals surface area (Å²) in [5.74, 6) is 0.454. The number of hydrogen-bond acceptors (Lipinski definition) is 5. The lowest BCUT2D eigenvalue weighted by Gasteiger charge is -2.16. The van der Waals surface area contributed by atoms with Crippen molar-refractivity contribution in [1.29, 1.82) is 0 Å². The molecule has 25 heavy (non-hydrogen) atoms. The van der Waals surface area contributed by atoms with Gasteiger partial charge in [-0.25, -0.2) is 14.4 Å². The van der Waals surface area contributed by atoms with Crippen LogP contribution in [-0.2, 0) is 4.79 Å². The lowest BCUT2D eigenvalue weighted by atomic mass is 10.1. The van der Waals surface area contributed by atoms with Crippen molar-refractivity contribution in [3.63, 3.8) is 0 Å². The molecule has 1 N–H and O–H groups in total. The van der Waals surface area contributed by atoms with Crippen LogP contribution < -0.4 is 5.32 Å². The zero-order valence-electron chi connectivity index (χ0n) is 13.5. The second kappa shape index (κ2) is 6.76. The first-order chi connectivity index (χ1) is 12.2. The Labute approximate surface area is 148 Å². The van der Waals surface area contributed by atoms with Crippen molar-refractivity contribution < 1.29 is 9.18 Å². The lowest BCUT2D eigenvalue weighted by Crippen LogP contribution is -2.33. The molecule has 5 nitrogen and oxygen atoms in total. The van der Waals surface area contributed by atoms with Gasteiger partial charge in [0.15, 0.2) is 0 Å². The Morgan fingerprint density at radius 3 is 2.72 bits per heavy atom. The number of fused-ring (bicyclic) bond motifs is 1. The Balaban J connectivity index is 1.63. The summed E-state index contributed by atoms with van der Waals surface area (Å²) < 4.78 is 13.2. The molecule has 4 rings (SSSR count). The molecule has 0 radical (unpaired) electrons. The lowest BCUT2D eigenvalue weighted by molar-refractivity contribution is -0.128. The first-order valence-corrected chi connectivity index (χ1v) is 9.10. The fraction of sp³-hybridized carbons (Fsp3) is 0.278. The summed E-state index contributed by atoms with van der Waals surface area (Å²) in [7, 11) is 0. The Bertz CT molecular complexity index is 903. The normalized spacial score (nSPS) is 14.2. The van der Waals surface area contributed by atoms with E-state index in [4.69, 9.17) is 0 Å². The van der Waals surface area contributed by atoms with Gasteiger partial charge in [-0.05, 0) is 30.5 Å². The summed E-state index contributed by atoms with van der Waals surface area (Å²) in [4.78, 5) is 23.6. The number of nitrogens with one attached hydrogen (secondary N) is 1. The van der Waals surface area contributed by atoms with Crippen molar-refractivity contribution in [2.45, 2.75) is 12.8 Å². The van der Waals surface area contributed by atoms with E-state index in [1.807, 2.05) is 10.3 Å². The van der Waals surface area contributed by atoms with Crippen molar-refractivity contribution in [1.82, 2.24) is 14.9 Å². The Kier molecular flexibility index (Phi) is 4.31. The van der Waals surface area contributed by atoms with Gasteiger partial charge in [-0.15, -0.1) is 11.3 Å². The molecular weight excluding hydrogens is 339 g/mol. The van der Waals surface area contributed by atoms with Crippen LogP contribution >= 0.6 is 11.3 Å². The second-order valence-electron chi connectivity index (χ2n) is 6.00. The first kappa shape index (κ1) is 16.0. The third-order valence-electron chi connectivity index (χ3n) is 4.39. The number of carbonyl (C=O) groups is 1. The van der Waals surface area contributed by atoms with E-state index in [1.54, 1.807) is 12.1 Å². The molecular formula is C18H17FN4OS. The van der Waals surface area contributed by atoms with Gasteiger partial charge >= 0.3 is 0 Å². The van der Waals surface area contributed by atoms with Gasteiger partial charge in [-0.1, -0.05) is 12.1 Å². The van der Waals surface area contributed by atoms with E-state index in [1.165, 1.54) is 29.8 Å². The number of halogens is 1. The topological polar surface area (TPSA) is 58.1 Å². The van der Waals surface area contributed by atoms with E-state index in [9.17, 15) is 9.18 Å². The summed E-state index contributed by atoms with van der Waals surface area (Å²) in [5, 5.41) is 6.02. The smallest absolute Gasteiger partial charge is 0.241 e. The monoisotopic (exact) mass is 356 g/mol. The van der Waals surface area contributed by atoms with Crippen LogP contribution in [0.5, 0.6) is 0 Å². The Morgan fingerprint density at radius 2 is 1.96 bits per heavy atom. The highest BCUT2D eigenvalue weighted by molar-refractivity contribution is 7.17. The third-order valence-corrected chi connectivity index (χ3v) is 5.28. The molecule has 1 saturated heterocycles. The fourth-order valence-corrected chi connectivity index (χ4v) is 4.00. The van der Waals surface area contributed by atoms with Crippen LogP contribution in [-0.4, -0.2) is 40.4 Å². The number of hydrogen-bond donors (Lipinski definition) is 1. The molecule has 1 fully saturated rings. The van der Waals surface area contributed by atoms with Crippen molar-refractivity contribution >= 4 is 33.3 Å². The predicted molar refractivity (Wildman–Crippen MR) is 97.1 cm³/mol. The van der Waals surface area contributed by atoms with Crippen LogP contribution in [0.25, 0.3) is 21.3 Å². The van der Waals surface area contributed by atoms with E-state index in [0.29, 0.717) is 5.82 Å². The van der Waals surface area contributed by atoms with E-state index >= 15 is 0 Å². The Morgan fingerprint density at radius 1 is 1.20 bits per heavy atom. The predicted octanol–water partition coefficient (Wildman–Crippen LogP) is 3.53. The standard InChI is InChI=1S/C18H17FN4OS/c19-13-5-3-12(4-6-13)14-10-25-18-16(14)17(21-11-22-18)20-9-15(24)23-7-1-2-8-23/h3-6,10-11H,1-2,7-9H2,(H,20,21,22). The minimum atomic E-state index is -0.269. The molecule has 0 saturated carbocycles. The maximum Gasteiger partial charge on any atom is 0.241 e. The number of likely N-dealkylation sites (tertiary alicyclic amines) is 1. The van der Waals surface area contributed by atoms with Gasteiger partial charge in [0.1, 0.15) is 22.8 Å². The molecule has 7 heteroatoms. The molecule has 0 unspecified atom stereocenters. The number of benzene rings is 1. The third kappa shape index (κ3) is 3.19. The van der Waals surface area contributed by atoms with Gasteiger partial charge in [0.05, 0.1) is 11.9 Å². The number of carbonyl (C=O) groups excluding carboxylic acids is 1. The average Bonchev–Trinajstić information content (AvgIpc) is 3.30. The Hall–Kier alpha value is -2.54. The highest BCUT2D eigenvalue weighted by Gasteiger charge is 2.19. The number of anilines is 1. The number of nitrogens with zero attached hydrogens (tertiary/aromatic N) is 3. The zero-order chi connectivity index (χ0) is 17.2. The second-order valence-corrected chi connectivity index (χ2v) is 6.86. The number of aromatic nitrogens is 2. The van der Waals surface area contributed by atoms with Crippen molar-refractivity contribution in [2.24, 2.45) is 0 Å². The molecule has 1 aromatic carbocycles. The minimum absolute atomic E-state index is 0.0859. The first-order valence-electron chi connectivity index (χ1n) is 8.22. The molecule has 3 aromatic rings. The molecule has 0 aliphatic carbocycles. The molecule has 3 heterocycles. The van der Waals surface area contributed by atoms with Crippen LogP contribution in [0.3, 0.4) is 0 Å². The number of rotatable bonds is 4. The van der Waals surface area contributed by atoms with Crippen LogP contribution in [0, 0.1) is 5.82 Å². The van der Waals surface area contributed by atoms with Gasteiger partial charge in [0.2, 0.25) is 5.91 Å². The molecule has 0 spiro atoms. The maximum absolute atomic E-state index is 13.2. The number of thiophene rings is 1. The van der Waals surface area contributed by atoms with E-state index in [2.05, 4.69) is 15.3 Å². The van der Waals surface area contributed by atoms with Crippen molar-refractivity contribution in [2.75, 3.05) is 25.0 Å². The summed E-state index contributed by atoms with van der Waals surface area (Å²) in [6.07, 6.45) is 3.64. The molecule has 2 aromatic heterocycles. The van der Waals surface area contributed by atoms with E-state index < -0.39 is 0 Å². The number of amides is 1. The highest BCUT2D eigenvalue weighted by Crippen LogP contribution is 2.36. The van der Waals surface area contributed by atoms with Gasteiger partial charge < -0.3 is 10.2 Å². The van der Waals surface area contributed by atoms with Gasteiger partial charge in [-0.3, -0.25) is 4.79 Å². The summed E-state index contributed by atoms with van der Waals surface area (Å²) in [6, 6.07) is 6.35. The van der Waals surface area contributed by atoms with Gasteiger partial charge in [-0.2, -0.15) is 0 Å². The SMILES string of the molecule is O=C(CNc1ncnc2scc(-c3ccc(F)cc3)c12)N1CCCC1. The van der Waals surface area contributed by atoms with Gasteiger partial charge in [0, 0.05) is 24.0 Å². The zero-order valence-corrected chi connectivity index (χ0v) is 14.4. The fourth-order valence-electron chi connectivity index (χ4n) is 3.09. The largest absolute Gasteiger partial charge is 0.360 e. The molecule has 1 aliphatic rings. The van der Waals surface area contributed by atoms with Crippen LogP contribution in [0.2, 0.25) is 0 Å². The quantitative estimate of drug-likeness (QED) is 0.777. The molecule has 1 aliphatic heterocycles. The summed E-state index contributed by atoms with van der Waals surface area (Å²) >= 11 is 1.51.